The fourth-order valence-corrected chi connectivity index (χ4v) is 3.98. The summed E-state index contributed by atoms with van der Waals surface area (Å²) in [5.74, 6) is -6.09. The van der Waals surface area contributed by atoms with Crippen molar-refractivity contribution in [2.45, 2.75) is 27.7 Å². The maximum atomic E-state index is 13.7. The van der Waals surface area contributed by atoms with E-state index in [0.29, 0.717) is 11.3 Å². The third-order valence-corrected chi connectivity index (χ3v) is 5.24. The summed E-state index contributed by atoms with van der Waals surface area (Å²) in [5, 5.41) is -0.317. The lowest BCUT2D eigenvalue weighted by molar-refractivity contribution is -0.136. The summed E-state index contributed by atoms with van der Waals surface area (Å²) in [6, 6.07) is 2.98. The predicted molar refractivity (Wildman–Crippen MR) is 122 cm³/mol. The van der Waals surface area contributed by atoms with Crippen LogP contribution in [0.3, 0.4) is 0 Å². The number of allylic oxidation sites excluding steroid dienone is 2. The monoisotopic (exact) mass is 494 g/mol. The first-order valence-electron chi connectivity index (χ1n) is 10.5. The Balaban J connectivity index is 2.28. The number of fused-ring (bicyclic) bond motifs is 3. The molecule has 1 heterocycles. The summed E-state index contributed by atoms with van der Waals surface area (Å²) in [4.78, 5) is 75.7. The van der Waals surface area contributed by atoms with Crippen molar-refractivity contribution in [1.82, 2.24) is 0 Å². The zero-order chi connectivity index (χ0) is 26.5. The predicted octanol–water partition coefficient (Wildman–Crippen LogP) is 2.94. The van der Waals surface area contributed by atoms with Crippen LogP contribution in [-0.2, 0) is 19.1 Å². The van der Waals surface area contributed by atoms with Gasteiger partial charge in [-0.2, -0.15) is 0 Å². The van der Waals surface area contributed by atoms with Crippen molar-refractivity contribution in [1.29, 1.82) is 0 Å². The molecule has 3 aromatic rings. The second kappa shape index (κ2) is 8.77. The van der Waals surface area contributed by atoms with Crippen molar-refractivity contribution in [2.24, 2.45) is 0 Å². The summed E-state index contributed by atoms with van der Waals surface area (Å²) in [6.45, 7) is 4.70. The molecule has 0 atom stereocenters. The molecule has 11 heteroatoms. The highest BCUT2D eigenvalue weighted by Gasteiger charge is 2.39. The molecule has 1 aliphatic rings. The quantitative estimate of drug-likeness (QED) is 0.299. The van der Waals surface area contributed by atoms with Gasteiger partial charge in [-0.3, -0.25) is 28.8 Å². The number of ketones is 2. The van der Waals surface area contributed by atoms with E-state index in [9.17, 15) is 28.8 Å². The maximum absolute atomic E-state index is 13.7. The fourth-order valence-electron chi connectivity index (χ4n) is 3.98. The minimum Gasteiger partial charge on any atom is -0.497 e. The lowest BCUT2D eigenvalue weighted by Crippen LogP contribution is -2.24. The summed E-state index contributed by atoms with van der Waals surface area (Å²) in [5.41, 5.74) is -1.78. The van der Waals surface area contributed by atoms with Crippen molar-refractivity contribution in [3.63, 3.8) is 0 Å². The van der Waals surface area contributed by atoms with Crippen molar-refractivity contribution in [3.05, 3.63) is 50.9 Å². The summed E-state index contributed by atoms with van der Waals surface area (Å²) in [6.07, 6.45) is 0.723. The van der Waals surface area contributed by atoms with E-state index in [4.69, 9.17) is 23.4 Å². The molecule has 0 aliphatic heterocycles. The van der Waals surface area contributed by atoms with E-state index in [1.165, 1.54) is 13.2 Å². The Labute approximate surface area is 202 Å². The van der Waals surface area contributed by atoms with Gasteiger partial charge in [0.15, 0.2) is 28.6 Å². The number of carbonyl (C=O) groups is 5. The molecule has 0 saturated carbocycles. The van der Waals surface area contributed by atoms with Crippen LogP contribution in [0.25, 0.3) is 21.9 Å². The minimum absolute atomic E-state index is 0.0109. The second-order valence-electron chi connectivity index (χ2n) is 7.84. The van der Waals surface area contributed by atoms with Crippen LogP contribution >= 0.6 is 0 Å². The van der Waals surface area contributed by atoms with E-state index in [1.54, 1.807) is 13.0 Å². The smallest absolute Gasteiger partial charge is 0.308 e. The minimum atomic E-state index is -1.03. The molecule has 184 valence electrons. The second-order valence-corrected chi connectivity index (χ2v) is 7.84. The Hall–Kier alpha value is -4.80. The number of ether oxygens (including phenoxy) is 4. The van der Waals surface area contributed by atoms with E-state index < -0.39 is 74.3 Å². The van der Waals surface area contributed by atoms with Crippen LogP contribution in [0.15, 0.2) is 33.2 Å². The summed E-state index contributed by atoms with van der Waals surface area (Å²) >= 11 is 0. The highest BCUT2D eigenvalue weighted by atomic mass is 16.6. The first kappa shape index (κ1) is 24.3. The SMILES string of the molecule is COc1cc(C)c2c(=O)c3c(OC(C)=O)c4c(c(OC(C)=O)c3oc2c1)C(=O)C(OC(C)=O)=CC4=O. The molecule has 0 saturated heterocycles. The van der Waals surface area contributed by atoms with Crippen LogP contribution in [0.2, 0.25) is 0 Å². The Morgan fingerprint density at radius 1 is 0.806 bits per heavy atom. The average molecular weight is 494 g/mol. The molecule has 0 fully saturated rings. The number of carbonyl (C=O) groups excluding carboxylic acids is 5. The van der Waals surface area contributed by atoms with Gasteiger partial charge in [-0.25, -0.2) is 0 Å². The van der Waals surface area contributed by atoms with Crippen molar-refractivity contribution >= 4 is 51.4 Å². The van der Waals surface area contributed by atoms with Gasteiger partial charge in [0.05, 0.1) is 23.6 Å². The Morgan fingerprint density at radius 3 is 2.00 bits per heavy atom. The van der Waals surface area contributed by atoms with Crippen LogP contribution in [0.1, 0.15) is 47.1 Å². The number of Topliss-reactive ketones (excluding diaryl/α,β-unsaturated/α-hetero) is 1. The van der Waals surface area contributed by atoms with E-state index in [0.717, 1.165) is 26.8 Å². The molecular weight excluding hydrogens is 476 g/mol. The van der Waals surface area contributed by atoms with Crippen molar-refractivity contribution in [3.8, 4) is 17.2 Å². The van der Waals surface area contributed by atoms with Gasteiger partial charge in [0.25, 0.3) is 0 Å². The zero-order valence-corrected chi connectivity index (χ0v) is 19.7. The number of benzene rings is 2. The average Bonchev–Trinajstić information content (AvgIpc) is 2.77. The Kier molecular flexibility index (Phi) is 5.92. The number of methoxy groups -OCH3 is 1. The summed E-state index contributed by atoms with van der Waals surface area (Å²) in [7, 11) is 1.41. The number of hydrogen-bond acceptors (Lipinski definition) is 11. The van der Waals surface area contributed by atoms with Crippen LogP contribution < -0.4 is 19.6 Å². The van der Waals surface area contributed by atoms with Crippen molar-refractivity contribution < 1.29 is 47.3 Å². The molecular formula is C25H18O11. The van der Waals surface area contributed by atoms with E-state index >= 15 is 0 Å². The van der Waals surface area contributed by atoms with Gasteiger partial charge in [0.1, 0.15) is 16.7 Å². The molecule has 0 N–H and O–H groups in total. The number of esters is 3. The molecule has 1 aliphatic carbocycles. The number of aryl methyl sites for hydroxylation is 1. The van der Waals surface area contributed by atoms with Gasteiger partial charge < -0.3 is 23.4 Å². The Bertz CT molecular complexity index is 1640. The molecule has 36 heavy (non-hydrogen) atoms. The van der Waals surface area contributed by atoms with E-state index in [2.05, 4.69) is 0 Å². The molecule has 0 unspecified atom stereocenters. The van der Waals surface area contributed by atoms with Gasteiger partial charge in [-0.1, -0.05) is 0 Å². The standard InChI is InChI=1S/C25H18O11/c1-9-6-13(32-5)7-15-17(9)22(31)20-23(34-11(3)27)18-14(29)8-16(33-10(2)26)21(30)19(18)24(25(20)36-15)35-12(4)28/h6-8H,1-5H3. The molecule has 2 aromatic carbocycles. The molecule has 4 rings (SSSR count). The third-order valence-electron chi connectivity index (χ3n) is 5.24. The van der Waals surface area contributed by atoms with Gasteiger partial charge in [-0.15, -0.1) is 0 Å². The fraction of sp³-hybridized carbons (Fsp3) is 0.200. The Morgan fingerprint density at radius 2 is 1.42 bits per heavy atom. The third kappa shape index (κ3) is 3.90. The summed E-state index contributed by atoms with van der Waals surface area (Å²) < 4.78 is 26.5. The van der Waals surface area contributed by atoms with Gasteiger partial charge in [-0.05, 0) is 18.6 Å². The van der Waals surface area contributed by atoms with Crippen LogP contribution in [0.4, 0.5) is 0 Å². The van der Waals surface area contributed by atoms with Crippen LogP contribution in [-0.4, -0.2) is 36.6 Å². The molecule has 0 amide bonds. The van der Waals surface area contributed by atoms with Gasteiger partial charge >= 0.3 is 17.9 Å². The lowest BCUT2D eigenvalue weighted by Gasteiger charge is -2.21. The largest absolute Gasteiger partial charge is 0.497 e. The normalized spacial score (nSPS) is 12.8. The lowest BCUT2D eigenvalue weighted by atomic mass is 9.89. The first-order valence-corrected chi connectivity index (χ1v) is 10.5. The highest BCUT2D eigenvalue weighted by molar-refractivity contribution is 6.29. The number of rotatable bonds is 4. The van der Waals surface area contributed by atoms with Gasteiger partial charge in [0, 0.05) is 32.9 Å². The first-order chi connectivity index (χ1) is 16.9. The van der Waals surface area contributed by atoms with Crippen LogP contribution in [0.5, 0.6) is 17.2 Å². The van der Waals surface area contributed by atoms with Crippen LogP contribution in [0, 0.1) is 6.92 Å². The zero-order valence-electron chi connectivity index (χ0n) is 19.7. The molecule has 11 nitrogen and oxygen atoms in total. The molecule has 1 aromatic heterocycles. The van der Waals surface area contributed by atoms with E-state index in [1.807, 2.05) is 0 Å². The van der Waals surface area contributed by atoms with Gasteiger partial charge in [0.2, 0.25) is 11.2 Å². The molecule has 0 spiro atoms. The molecule has 0 radical (unpaired) electrons. The maximum Gasteiger partial charge on any atom is 0.308 e. The molecule has 0 bridgehead atoms. The van der Waals surface area contributed by atoms with E-state index in [-0.39, 0.29) is 11.0 Å². The topological polar surface area (TPSA) is 152 Å². The highest BCUT2D eigenvalue weighted by Crippen LogP contribution is 2.44. The van der Waals surface area contributed by atoms with Crippen molar-refractivity contribution in [2.75, 3.05) is 7.11 Å². The number of hydrogen-bond donors (Lipinski definition) is 0.